The molecule has 4 aromatic rings. The summed E-state index contributed by atoms with van der Waals surface area (Å²) in [5.41, 5.74) is 6.36. The summed E-state index contributed by atoms with van der Waals surface area (Å²) in [6.45, 7) is 1.79. The maximum Gasteiger partial charge on any atom is 0.337 e. The minimum Gasteiger partial charge on any atom is -0.465 e. The van der Waals surface area contributed by atoms with Gasteiger partial charge in [0.25, 0.3) is 0 Å². The number of carbonyl (C=O) groups is 1. The Morgan fingerprint density at radius 2 is 2.03 bits per heavy atom. The second-order valence-corrected chi connectivity index (χ2v) is 7.53. The third-order valence-electron chi connectivity index (χ3n) is 5.88. The van der Waals surface area contributed by atoms with Crippen LogP contribution in [0.15, 0.2) is 37.1 Å². The van der Waals surface area contributed by atoms with Gasteiger partial charge >= 0.3 is 5.97 Å². The third-order valence-corrected chi connectivity index (χ3v) is 5.88. The fourth-order valence-electron chi connectivity index (χ4n) is 4.52. The van der Waals surface area contributed by atoms with E-state index in [9.17, 15) is 4.79 Å². The van der Waals surface area contributed by atoms with Crippen LogP contribution in [0.3, 0.4) is 0 Å². The zero-order chi connectivity index (χ0) is 19.8. The molecular formula is C22H23N5O2. The molecule has 0 fully saturated rings. The number of hydrogen-bond acceptors (Lipinski definition) is 5. The zero-order valence-corrected chi connectivity index (χ0v) is 16.5. The largest absolute Gasteiger partial charge is 0.465 e. The molecule has 3 heterocycles. The molecule has 1 aliphatic rings. The molecule has 0 aliphatic heterocycles. The highest BCUT2D eigenvalue weighted by atomic mass is 16.5. The standard InChI is InChI=1S/C22H23N5O2/c1-29-22(28)15-7-8-19-17(11-15)16-5-2-3-6-18(16)27(19)10-4-9-26-14-25-21-20(26)12-23-13-24-21/h7-8,11-14H,2-6,9-10H2,1H3. The number of esters is 1. The van der Waals surface area contributed by atoms with E-state index < -0.39 is 0 Å². The Bertz CT molecular complexity index is 1210. The van der Waals surface area contributed by atoms with Crippen molar-refractivity contribution in [3.05, 3.63) is 53.9 Å². The molecule has 29 heavy (non-hydrogen) atoms. The fraction of sp³-hybridized carbons (Fsp3) is 0.364. The van der Waals surface area contributed by atoms with Crippen molar-refractivity contribution in [1.82, 2.24) is 24.1 Å². The molecule has 0 atom stereocenters. The molecule has 5 rings (SSSR count). The van der Waals surface area contributed by atoms with Crippen LogP contribution in [0.1, 0.15) is 40.9 Å². The van der Waals surface area contributed by atoms with Gasteiger partial charge in [0.05, 0.1) is 25.2 Å². The highest BCUT2D eigenvalue weighted by Crippen LogP contribution is 2.33. The van der Waals surface area contributed by atoms with Crippen LogP contribution < -0.4 is 0 Å². The summed E-state index contributed by atoms with van der Waals surface area (Å²) >= 11 is 0. The molecular weight excluding hydrogens is 366 g/mol. The number of aryl methyl sites for hydroxylation is 3. The zero-order valence-electron chi connectivity index (χ0n) is 16.5. The monoisotopic (exact) mass is 389 g/mol. The van der Waals surface area contributed by atoms with Gasteiger partial charge in [-0.3, -0.25) is 0 Å². The van der Waals surface area contributed by atoms with Gasteiger partial charge in [-0.1, -0.05) is 0 Å². The first-order chi connectivity index (χ1) is 14.3. The van der Waals surface area contributed by atoms with Gasteiger partial charge in [-0.05, 0) is 55.9 Å². The van der Waals surface area contributed by atoms with Crippen LogP contribution >= 0.6 is 0 Å². The number of benzene rings is 1. The van der Waals surface area contributed by atoms with E-state index >= 15 is 0 Å². The minimum absolute atomic E-state index is 0.279. The van der Waals surface area contributed by atoms with Crippen LogP contribution in [0, 0.1) is 0 Å². The van der Waals surface area contributed by atoms with E-state index in [0.29, 0.717) is 5.56 Å². The lowest BCUT2D eigenvalue weighted by atomic mass is 9.95. The fourth-order valence-corrected chi connectivity index (χ4v) is 4.52. The first kappa shape index (κ1) is 17.8. The number of hydrogen-bond donors (Lipinski definition) is 0. The first-order valence-electron chi connectivity index (χ1n) is 10.1. The average molecular weight is 389 g/mol. The van der Waals surface area contributed by atoms with Crippen molar-refractivity contribution in [2.45, 2.75) is 45.2 Å². The van der Waals surface area contributed by atoms with Crippen LogP contribution in [0.2, 0.25) is 0 Å². The predicted octanol–water partition coefficient (Wildman–Crippen LogP) is 3.54. The van der Waals surface area contributed by atoms with Crippen LogP contribution in [0.25, 0.3) is 22.1 Å². The Morgan fingerprint density at radius 3 is 2.93 bits per heavy atom. The Kier molecular flexibility index (Phi) is 4.50. The maximum absolute atomic E-state index is 12.0. The van der Waals surface area contributed by atoms with Crippen LogP contribution in [0.5, 0.6) is 0 Å². The van der Waals surface area contributed by atoms with Crippen molar-refractivity contribution in [1.29, 1.82) is 0 Å². The van der Waals surface area contributed by atoms with E-state index in [1.165, 1.54) is 48.4 Å². The number of methoxy groups -OCH3 is 1. The summed E-state index contributed by atoms with van der Waals surface area (Å²) in [6.07, 6.45) is 10.8. The second kappa shape index (κ2) is 7.31. The third kappa shape index (κ3) is 3.06. The lowest BCUT2D eigenvalue weighted by molar-refractivity contribution is 0.0601. The SMILES string of the molecule is COC(=O)c1ccc2c(c1)c1c(n2CCCn2cnc3ncncc32)CCCC1. The van der Waals surface area contributed by atoms with E-state index in [2.05, 4.69) is 30.2 Å². The van der Waals surface area contributed by atoms with Crippen LogP contribution in [-0.2, 0) is 30.7 Å². The topological polar surface area (TPSA) is 74.8 Å². The Labute approximate surface area is 168 Å². The van der Waals surface area contributed by atoms with Gasteiger partial charge in [0.1, 0.15) is 11.8 Å². The number of rotatable bonds is 5. The van der Waals surface area contributed by atoms with E-state index in [0.717, 1.165) is 43.5 Å². The van der Waals surface area contributed by atoms with Gasteiger partial charge in [-0.15, -0.1) is 0 Å². The molecule has 7 heteroatoms. The predicted molar refractivity (Wildman–Crippen MR) is 110 cm³/mol. The number of carbonyl (C=O) groups excluding carboxylic acids is 1. The van der Waals surface area contributed by atoms with Gasteiger partial charge in [-0.25, -0.2) is 19.7 Å². The van der Waals surface area contributed by atoms with E-state index in [4.69, 9.17) is 4.74 Å². The van der Waals surface area contributed by atoms with Gasteiger partial charge in [-0.2, -0.15) is 0 Å². The Balaban J connectivity index is 1.45. The molecule has 0 bridgehead atoms. The van der Waals surface area contributed by atoms with Gasteiger partial charge in [0, 0.05) is 29.7 Å². The summed E-state index contributed by atoms with van der Waals surface area (Å²) in [6, 6.07) is 5.94. The minimum atomic E-state index is -0.279. The van der Waals surface area contributed by atoms with Crippen LogP contribution in [0.4, 0.5) is 0 Å². The molecule has 3 aromatic heterocycles. The van der Waals surface area contributed by atoms with Crippen molar-refractivity contribution < 1.29 is 9.53 Å². The summed E-state index contributed by atoms with van der Waals surface area (Å²) < 4.78 is 9.47. The molecule has 1 aliphatic carbocycles. The van der Waals surface area contributed by atoms with E-state index in [1.54, 1.807) is 0 Å². The first-order valence-corrected chi connectivity index (χ1v) is 10.1. The Hall–Kier alpha value is -3.22. The molecule has 0 amide bonds. The highest BCUT2D eigenvalue weighted by Gasteiger charge is 2.21. The average Bonchev–Trinajstić information content (AvgIpc) is 3.32. The van der Waals surface area contributed by atoms with Gasteiger partial charge in [0.15, 0.2) is 5.65 Å². The summed E-state index contributed by atoms with van der Waals surface area (Å²) in [5.74, 6) is -0.279. The summed E-state index contributed by atoms with van der Waals surface area (Å²) in [7, 11) is 1.43. The highest BCUT2D eigenvalue weighted by molar-refractivity contribution is 5.96. The molecule has 1 aromatic carbocycles. The van der Waals surface area contributed by atoms with Crippen molar-refractivity contribution in [2.75, 3.05) is 7.11 Å². The molecule has 0 unspecified atom stereocenters. The number of aromatic nitrogens is 5. The van der Waals surface area contributed by atoms with Gasteiger partial charge in [0.2, 0.25) is 0 Å². The van der Waals surface area contributed by atoms with Crippen molar-refractivity contribution in [3.63, 3.8) is 0 Å². The van der Waals surface area contributed by atoms with Crippen molar-refractivity contribution in [3.8, 4) is 0 Å². The molecule has 0 radical (unpaired) electrons. The summed E-state index contributed by atoms with van der Waals surface area (Å²) in [5, 5.41) is 1.20. The molecule has 0 saturated carbocycles. The molecule has 0 saturated heterocycles. The number of fused-ring (bicyclic) bond motifs is 4. The smallest absolute Gasteiger partial charge is 0.337 e. The normalized spacial score (nSPS) is 13.7. The lowest BCUT2D eigenvalue weighted by Gasteiger charge is -2.16. The molecule has 0 N–H and O–H groups in total. The van der Waals surface area contributed by atoms with Crippen molar-refractivity contribution in [2.24, 2.45) is 0 Å². The van der Waals surface area contributed by atoms with Crippen LogP contribution in [-0.4, -0.2) is 37.2 Å². The number of ether oxygens (including phenoxy) is 1. The molecule has 148 valence electrons. The van der Waals surface area contributed by atoms with Gasteiger partial charge < -0.3 is 13.9 Å². The summed E-state index contributed by atoms with van der Waals surface area (Å²) in [4.78, 5) is 24.7. The Morgan fingerprint density at radius 1 is 1.14 bits per heavy atom. The molecule has 7 nitrogen and oxygen atoms in total. The molecule has 0 spiro atoms. The van der Waals surface area contributed by atoms with E-state index in [1.807, 2.05) is 24.7 Å². The lowest BCUT2D eigenvalue weighted by Crippen LogP contribution is -2.10. The second-order valence-electron chi connectivity index (χ2n) is 7.53. The van der Waals surface area contributed by atoms with Crippen molar-refractivity contribution >= 4 is 28.0 Å². The maximum atomic E-state index is 12.0. The number of nitrogens with zero attached hydrogens (tertiary/aromatic N) is 5. The van der Waals surface area contributed by atoms with E-state index in [-0.39, 0.29) is 5.97 Å². The number of imidazole rings is 1. The quantitative estimate of drug-likeness (QED) is 0.488.